The lowest BCUT2D eigenvalue weighted by Crippen LogP contribution is -2.46. The van der Waals surface area contributed by atoms with E-state index in [4.69, 9.17) is 5.73 Å². The van der Waals surface area contributed by atoms with Crippen LogP contribution in [0.1, 0.15) is 59.3 Å². The maximum Gasteiger partial charge on any atom is 0.191 e. The highest BCUT2D eigenvalue weighted by Crippen LogP contribution is 2.42. The van der Waals surface area contributed by atoms with Gasteiger partial charge in [-0.2, -0.15) is 0 Å². The summed E-state index contributed by atoms with van der Waals surface area (Å²) in [5.74, 6) is 3.43. The van der Waals surface area contributed by atoms with Crippen LogP contribution < -0.4 is 5.73 Å². The Morgan fingerprint density at radius 1 is 1.10 bits per heavy atom. The average molecular weight is 277 g/mol. The summed E-state index contributed by atoms with van der Waals surface area (Å²) in [6.07, 6.45) is 8.32. The fourth-order valence-electron chi connectivity index (χ4n) is 4.13. The smallest absolute Gasteiger partial charge is 0.191 e. The van der Waals surface area contributed by atoms with Gasteiger partial charge in [0.2, 0.25) is 0 Å². The van der Waals surface area contributed by atoms with Gasteiger partial charge in [-0.25, -0.2) is 0 Å². The van der Waals surface area contributed by atoms with Crippen molar-refractivity contribution >= 4 is 5.96 Å². The van der Waals surface area contributed by atoms with Crippen LogP contribution in [0, 0.1) is 23.2 Å². The second kappa shape index (κ2) is 5.23. The average Bonchev–Trinajstić information content (AvgIpc) is 3.14. The fourth-order valence-corrected chi connectivity index (χ4v) is 4.13. The highest BCUT2D eigenvalue weighted by molar-refractivity contribution is 5.80. The molecular weight excluding hydrogens is 246 g/mol. The first-order valence-electron chi connectivity index (χ1n) is 8.51. The van der Waals surface area contributed by atoms with Gasteiger partial charge < -0.3 is 10.6 Å². The monoisotopic (exact) mass is 277 g/mol. The van der Waals surface area contributed by atoms with Crippen LogP contribution >= 0.6 is 0 Å². The molecule has 0 aromatic rings. The Balaban J connectivity index is 1.57. The van der Waals surface area contributed by atoms with Crippen LogP contribution in [0.3, 0.4) is 0 Å². The van der Waals surface area contributed by atoms with Crippen molar-refractivity contribution in [3.05, 3.63) is 0 Å². The number of nitrogens with zero attached hydrogens (tertiary/aromatic N) is 2. The SMILES string of the molecule is CC(C)(C)C1CCC(C2CN=C(N)N2CC2CC2)CC1. The highest BCUT2D eigenvalue weighted by Gasteiger charge is 2.39. The van der Waals surface area contributed by atoms with Crippen LogP contribution in [0.5, 0.6) is 0 Å². The Kier molecular flexibility index (Phi) is 3.72. The summed E-state index contributed by atoms with van der Waals surface area (Å²) in [6.45, 7) is 9.30. The Bertz CT molecular complexity index is 370. The van der Waals surface area contributed by atoms with E-state index >= 15 is 0 Å². The standard InChI is InChI=1S/C17H31N3/c1-17(2,3)14-8-6-13(7-9-14)15-10-19-16(18)20(15)11-12-4-5-12/h12-15H,4-11H2,1-3H3,(H2,18,19). The van der Waals surface area contributed by atoms with E-state index in [-0.39, 0.29) is 0 Å². The van der Waals surface area contributed by atoms with Crippen molar-refractivity contribution in [2.24, 2.45) is 33.9 Å². The molecule has 0 aromatic heterocycles. The lowest BCUT2D eigenvalue weighted by atomic mass is 9.68. The Morgan fingerprint density at radius 3 is 2.30 bits per heavy atom. The molecular formula is C17H31N3. The van der Waals surface area contributed by atoms with Gasteiger partial charge in [0, 0.05) is 6.54 Å². The van der Waals surface area contributed by atoms with E-state index in [1.807, 2.05) is 0 Å². The topological polar surface area (TPSA) is 41.6 Å². The zero-order valence-electron chi connectivity index (χ0n) is 13.4. The summed E-state index contributed by atoms with van der Waals surface area (Å²) in [6, 6.07) is 0.608. The van der Waals surface area contributed by atoms with Gasteiger partial charge >= 0.3 is 0 Å². The Morgan fingerprint density at radius 2 is 1.75 bits per heavy atom. The van der Waals surface area contributed by atoms with Crippen molar-refractivity contribution in [1.29, 1.82) is 0 Å². The third-order valence-corrected chi connectivity index (χ3v) is 5.83. The molecule has 1 unspecified atom stereocenters. The van der Waals surface area contributed by atoms with E-state index in [0.29, 0.717) is 11.5 Å². The zero-order valence-corrected chi connectivity index (χ0v) is 13.4. The molecule has 0 bridgehead atoms. The largest absolute Gasteiger partial charge is 0.370 e. The number of guanidine groups is 1. The van der Waals surface area contributed by atoms with Crippen LogP contribution in [0.15, 0.2) is 4.99 Å². The molecule has 0 aromatic carbocycles. The zero-order chi connectivity index (χ0) is 14.3. The molecule has 3 aliphatic rings. The molecule has 2 saturated carbocycles. The van der Waals surface area contributed by atoms with Gasteiger partial charge in [-0.1, -0.05) is 20.8 Å². The molecule has 0 spiro atoms. The lowest BCUT2D eigenvalue weighted by molar-refractivity contribution is 0.114. The summed E-state index contributed by atoms with van der Waals surface area (Å²) >= 11 is 0. The van der Waals surface area contributed by atoms with Gasteiger partial charge in [0.25, 0.3) is 0 Å². The second-order valence-electron chi connectivity index (χ2n) is 8.34. The minimum absolute atomic E-state index is 0.476. The molecule has 3 rings (SSSR count). The van der Waals surface area contributed by atoms with Crippen LogP contribution in [0.4, 0.5) is 0 Å². The quantitative estimate of drug-likeness (QED) is 0.860. The van der Waals surface area contributed by atoms with Crippen LogP contribution in [0.25, 0.3) is 0 Å². The van der Waals surface area contributed by atoms with E-state index in [1.165, 1.54) is 45.1 Å². The summed E-state index contributed by atoms with van der Waals surface area (Å²) in [7, 11) is 0. The molecule has 20 heavy (non-hydrogen) atoms. The molecule has 0 amide bonds. The van der Waals surface area contributed by atoms with E-state index in [2.05, 4.69) is 30.7 Å². The second-order valence-corrected chi connectivity index (χ2v) is 8.34. The minimum Gasteiger partial charge on any atom is -0.370 e. The first-order valence-corrected chi connectivity index (χ1v) is 8.51. The van der Waals surface area contributed by atoms with E-state index in [9.17, 15) is 0 Å². The molecule has 2 N–H and O–H groups in total. The Hall–Kier alpha value is -0.730. The van der Waals surface area contributed by atoms with Crippen LogP contribution in [-0.4, -0.2) is 30.0 Å². The molecule has 1 heterocycles. The first-order chi connectivity index (χ1) is 9.45. The predicted molar refractivity (Wildman–Crippen MR) is 84.6 cm³/mol. The van der Waals surface area contributed by atoms with Gasteiger partial charge in [-0.15, -0.1) is 0 Å². The number of rotatable bonds is 3. The highest BCUT2D eigenvalue weighted by atomic mass is 15.3. The normalized spacial score (nSPS) is 35.2. The summed E-state index contributed by atoms with van der Waals surface area (Å²) in [5.41, 5.74) is 6.60. The lowest BCUT2D eigenvalue weighted by Gasteiger charge is -2.41. The number of nitrogens with two attached hydrogens (primary N) is 1. The molecule has 114 valence electrons. The molecule has 0 saturated heterocycles. The third kappa shape index (κ3) is 2.96. The molecule has 2 fully saturated rings. The summed E-state index contributed by atoms with van der Waals surface area (Å²) < 4.78 is 0. The van der Waals surface area contributed by atoms with Gasteiger partial charge in [0.15, 0.2) is 5.96 Å². The van der Waals surface area contributed by atoms with Crippen LogP contribution in [0.2, 0.25) is 0 Å². The van der Waals surface area contributed by atoms with Crippen molar-refractivity contribution < 1.29 is 0 Å². The van der Waals surface area contributed by atoms with Gasteiger partial charge in [0.05, 0.1) is 12.6 Å². The van der Waals surface area contributed by atoms with Crippen molar-refractivity contribution in [1.82, 2.24) is 4.90 Å². The maximum atomic E-state index is 6.12. The summed E-state index contributed by atoms with van der Waals surface area (Å²) in [4.78, 5) is 6.99. The molecule has 1 aliphatic heterocycles. The Labute approximate surface area is 124 Å². The molecule has 3 heteroatoms. The molecule has 2 aliphatic carbocycles. The van der Waals surface area contributed by atoms with Gasteiger partial charge in [-0.3, -0.25) is 4.99 Å². The van der Waals surface area contributed by atoms with Crippen LogP contribution in [-0.2, 0) is 0 Å². The number of hydrogen-bond acceptors (Lipinski definition) is 3. The predicted octanol–water partition coefficient (Wildman–Crippen LogP) is 3.25. The van der Waals surface area contributed by atoms with E-state index in [0.717, 1.165) is 30.3 Å². The van der Waals surface area contributed by atoms with Gasteiger partial charge in [-0.05, 0) is 61.7 Å². The maximum absolute atomic E-state index is 6.12. The van der Waals surface area contributed by atoms with Crippen molar-refractivity contribution in [2.45, 2.75) is 65.3 Å². The molecule has 0 radical (unpaired) electrons. The fraction of sp³-hybridized carbons (Fsp3) is 0.941. The van der Waals surface area contributed by atoms with Crippen molar-refractivity contribution in [2.75, 3.05) is 13.1 Å². The van der Waals surface area contributed by atoms with Gasteiger partial charge in [0.1, 0.15) is 0 Å². The number of aliphatic imine (C=N–C) groups is 1. The third-order valence-electron chi connectivity index (χ3n) is 5.83. The molecule has 1 atom stereocenters. The van der Waals surface area contributed by atoms with Crippen molar-refractivity contribution in [3.8, 4) is 0 Å². The minimum atomic E-state index is 0.476. The van der Waals surface area contributed by atoms with E-state index in [1.54, 1.807) is 0 Å². The van der Waals surface area contributed by atoms with Crippen molar-refractivity contribution in [3.63, 3.8) is 0 Å². The summed E-state index contributed by atoms with van der Waals surface area (Å²) in [5, 5.41) is 0. The molecule has 3 nitrogen and oxygen atoms in total. The van der Waals surface area contributed by atoms with E-state index < -0.39 is 0 Å². The first kappa shape index (κ1) is 14.2. The number of hydrogen-bond donors (Lipinski definition) is 1.